The summed E-state index contributed by atoms with van der Waals surface area (Å²) in [4.78, 5) is 24.0. The highest BCUT2D eigenvalue weighted by molar-refractivity contribution is 6.19. The molecule has 1 aromatic carbocycles. The van der Waals surface area contributed by atoms with Gasteiger partial charge in [0.05, 0.1) is 18.8 Å². The van der Waals surface area contributed by atoms with Crippen LogP contribution in [0.5, 0.6) is 0 Å². The van der Waals surface area contributed by atoms with Crippen molar-refractivity contribution in [3.8, 4) is 0 Å². The van der Waals surface area contributed by atoms with E-state index in [0.717, 1.165) is 10.5 Å². The van der Waals surface area contributed by atoms with Crippen molar-refractivity contribution in [3.63, 3.8) is 0 Å². The number of carbonyl (C=O) groups is 2. The van der Waals surface area contributed by atoms with E-state index in [1.54, 1.807) is 25.3 Å². The Labute approximate surface area is 93.0 Å². The molecule has 84 valence electrons. The van der Waals surface area contributed by atoms with E-state index < -0.39 is 0 Å². The number of carbonyl (C=O) groups excluding carboxylic acids is 2. The zero-order valence-corrected chi connectivity index (χ0v) is 8.90. The molecule has 0 atom stereocenters. The first-order valence-electron chi connectivity index (χ1n) is 4.91. The molecule has 1 aromatic rings. The average molecular weight is 220 g/mol. The topological polar surface area (TPSA) is 58.6 Å². The van der Waals surface area contributed by atoms with E-state index in [2.05, 4.69) is 5.32 Å². The lowest BCUT2D eigenvalue weighted by Crippen LogP contribution is -2.30. The zero-order chi connectivity index (χ0) is 11.5. The molecule has 1 N–H and O–H groups in total. The maximum atomic E-state index is 11.5. The summed E-state index contributed by atoms with van der Waals surface area (Å²) in [5.41, 5.74) is 1.50. The van der Waals surface area contributed by atoms with Crippen molar-refractivity contribution in [1.29, 1.82) is 0 Å². The summed E-state index contributed by atoms with van der Waals surface area (Å²) in [6.45, 7) is 0.519. The van der Waals surface area contributed by atoms with Crippen LogP contribution in [0.25, 0.3) is 0 Å². The quantitative estimate of drug-likeness (QED) is 0.769. The van der Waals surface area contributed by atoms with Crippen molar-refractivity contribution >= 4 is 17.6 Å². The first-order valence-corrected chi connectivity index (χ1v) is 4.91. The Morgan fingerprint density at radius 1 is 1.44 bits per heavy atom. The fraction of sp³-hybridized carbons (Fsp3) is 0.273. The third kappa shape index (κ3) is 1.90. The van der Waals surface area contributed by atoms with Gasteiger partial charge in [0, 0.05) is 7.11 Å². The number of rotatable bonds is 3. The van der Waals surface area contributed by atoms with Crippen molar-refractivity contribution in [3.05, 3.63) is 29.8 Å². The number of anilines is 1. The van der Waals surface area contributed by atoms with Crippen LogP contribution in [0.15, 0.2) is 24.3 Å². The summed E-state index contributed by atoms with van der Waals surface area (Å²) < 4.78 is 5.00. The van der Waals surface area contributed by atoms with Gasteiger partial charge in [-0.05, 0) is 17.7 Å². The molecule has 16 heavy (non-hydrogen) atoms. The van der Waals surface area contributed by atoms with Crippen LogP contribution in [-0.2, 0) is 16.1 Å². The molecular weight excluding hydrogens is 208 g/mol. The molecule has 0 radical (unpaired) electrons. The van der Waals surface area contributed by atoms with Crippen LogP contribution in [-0.4, -0.2) is 25.6 Å². The molecule has 1 saturated heterocycles. The number of ether oxygens (including phenoxy) is 1. The number of amides is 3. The van der Waals surface area contributed by atoms with Crippen molar-refractivity contribution in [1.82, 2.24) is 5.32 Å². The van der Waals surface area contributed by atoms with Gasteiger partial charge in [0.25, 0.3) is 5.91 Å². The Balaban J connectivity index is 2.29. The fourth-order valence-electron chi connectivity index (χ4n) is 1.64. The summed E-state index contributed by atoms with van der Waals surface area (Å²) in [5.74, 6) is -0.237. The second kappa shape index (κ2) is 4.32. The van der Waals surface area contributed by atoms with Gasteiger partial charge in [-0.1, -0.05) is 12.1 Å². The summed E-state index contributed by atoms with van der Waals surface area (Å²) in [6, 6.07) is 6.79. The van der Waals surface area contributed by atoms with Gasteiger partial charge in [-0.3, -0.25) is 4.79 Å². The largest absolute Gasteiger partial charge is 0.380 e. The minimum atomic E-state index is -0.375. The average Bonchev–Trinajstić information content (AvgIpc) is 2.59. The highest BCUT2D eigenvalue weighted by atomic mass is 16.5. The van der Waals surface area contributed by atoms with Crippen LogP contribution >= 0.6 is 0 Å². The highest BCUT2D eigenvalue weighted by Crippen LogP contribution is 2.19. The molecule has 5 heteroatoms. The molecule has 0 spiro atoms. The fourth-order valence-corrected chi connectivity index (χ4v) is 1.64. The van der Waals surface area contributed by atoms with Crippen LogP contribution in [0.3, 0.4) is 0 Å². The lowest BCUT2D eigenvalue weighted by molar-refractivity contribution is -0.115. The lowest BCUT2D eigenvalue weighted by Gasteiger charge is -2.13. The molecular formula is C11H12N2O3. The Morgan fingerprint density at radius 3 is 2.88 bits per heavy atom. The van der Waals surface area contributed by atoms with Crippen LogP contribution in [0.4, 0.5) is 10.5 Å². The van der Waals surface area contributed by atoms with Gasteiger partial charge in [-0.15, -0.1) is 0 Å². The van der Waals surface area contributed by atoms with Crippen LogP contribution in [0, 0.1) is 0 Å². The molecule has 1 aliphatic rings. The molecule has 0 aromatic heterocycles. The Morgan fingerprint density at radius 2 is 2.25 bits per heavy atom. The molecule has 3 amide bonds. The summed E-state index contributed by atoms with van der Waals surface area (Å²) >= 11 is 0. The summed E-state index contributed by atoms with van der Waals surface area (Å²) in [5, 5.41) is 2.48. The minimum Gasteiger partial charge on any atom is -0.380 e. The SMILES string of the molecule is COCc1cccc(N2C(=O)CNC2=O)c1. The van der Waals surface area contributed by atoms with Gasteiger partial charge in [-0.2, -0.15) is 0 Å². The number of nitrogens with zero attached hydrogens (tertiary/aromatic N) is 1. The molecule has 2 rings (SSSR count). The summed E-state index contributed by atoms with van der Waals surface area (Å²) in [7, 11) is 1.60. The van der Waals surface area contributed by atoms with E-state index in [1.807, 2.05) is 6.07 Å². The van der Waals surface area contributed by atoms with E-state index in [4.69, 9.17) is 4.74 Å². The minimum absolute atomic E-state index is 0.0628. The van der Waals surface area contributed by atoms with Crippen molar-refractivity contribution in [2.24, 2.45) is 0 Å². The van der Waals surface area contributed by atoms with Crippen molar-refractivity contribution in [2.75, 3.05) is 18.6 Å². The molecule has 0 aliphatic carbocycles. The lowest BCUT2D eigenvalue weighted by atomic mass is 10.2. The molecule has 0 bridgehead atoms. The first-order chi connectivity index (χ1) is 7.72. The molecule has 0 saturated carbocycles. The van der Waals surface area contributed by atoms with Crippen molar-refractivity contribution in [2.45, 2.75) is 6.61 Å². The highest BCUT2D eigenvalue weighted by Gasteiger charge is 2.29. The first kappa shape index (κ1) is 10.6. The monoisotopic (exact) mass is 220 g/mol. The van der Waals surface area contributed by atoms with E-state index in [0.29, 0.717) is 12.3 Å². The normalized spacial score (nSPS) is 15.4. The molecule has 0 unspecified atom stereocenters. The van der Waals surface area contributed by atoms with Gasteiger partial charge in [-0.25, -0.2) is 9.69 Å². The van der Waals surface area contributed by atoms with Gasteiger partial charge in [0.1, 0.15) is 0 Å². The second-order valence-corrected chi connectivity index (χ2v) is 3.49. The Hall–Kier alpha value is -1.88. The predicted octanol–water partition coefficient (Wildman–Crippen LogP) is 0.889. The van der Waals surface area contributed by atoms with Gasteiger partial charge < -0.3 is 10.1 Å². The van der Waals surface area contributed by atoms with E-state index in [9.17, 15) is 9.59 Å². The number of nitrogens with one attached hydrogen (secondary N) is 1. The molecule has 1 heterocycles. The van der Waals surface area contributed by atoms with Crippen LogP contribution in [0.1, 0.15) is 5.56 Å². The maximum absolute atomic E-state index is 11.5. The van der Waals surface area contributed by atoms with E-state index in [-0.39, 0.29) is 18.5 Å². The number of hydrogen-bond donors (Lipinski definition) is 1. The van der Waals surface area contributed by atoms with Crippen molar-refractivity contribution < 1.29 is 14.3 Å². The van der Waals surface area contributed by atoms with Gasteiger partial charge in [0.2, 0.25) is 0 Å². The van der Waals surface area contributed by atoms with Gasteiger partial charge >= 0.3 is 6.03 Å². The zero-order valence-electron chi connectivity index (χ0n) is 8.90. The molecule has 1 fully saturated rings. The third-order valence-electron chi connectivity index (χ3n) is 2.32. The van der Waals surface area contributed by atoms with E-state index >= 15 is 0 Å². The predicted molar refractivity (Wildman–Crippen MR) is 58.0 cm³/mol. The number of methoxy groups -OCH3 is 1. The van der Waals surface area contributed by atoms with Crippen LogP contribution in [0.2, 0.25) is 0 Å². The van der Waals surface area contributed by atoms with Gasteiger partial charge in [0.15, 0.2) is 0 Å². The molecule has 5 nitrogen and oxygen atoms in total. The molecule has 1 aliphatic heterocycles. The number of imide groups is 1. The standard InChI is InChI=1S/C11H12N2O3/c1-16-7-8-3-2-4-9(5-8)13-10(14)6-12-11(13)15/h2-5H,6-7H2,1H3,(H,12,15). The Bertz CT molecular complexity index is 415. The number of benzene rings is 1. The second-order valence-electron chi connectivity index (χ2n) is 3.49. The summed E-state index contributed by atoms with van der Waals surface area (Å²) in [6.07, 6.45) is 0. The Kier molecular flexibility index (Phi) is 2.87. The van der Waals surface area contributed by atoms with E-state index in [1.165, 1.54) is 0 Å². The third-order valence-corrected chi connectivity index (χ3v) is 2.32. The smallest absolute Gasteiger partial charge is 0.329 e. The maximum Gasteiger partial charge on any atom is 0.329 e. The number of hydrogen-bond acceptors (Lipinski definition) is 3. The van der Waals surface area contributed by atoms with Crippen LogP contribution < -0.4 is 10.2 Å². The number of urea groups is 1.